The van der Waals surface area contributed by atoms with Gasteiger partial charge in [-0.3, -0.25) is 0 Å². The standard InChI is InChI=1S/C11H8N3.C7H9.2ClH.Hf/c1-2-4-10-6-11(5-9(10)3-1)14-8-12-7-13-14;1-6-4-3-5-7(6)2;;;/h1-8H;3-5H,1-2H3;2*1H;/q2*-1;;;+4/p-2. The predicted molar refractivity (Wildman–Crippen MR) is 86.0 cm³/mol. The first-order valence-corrected chi connectivity index (χ1v) is 6.93. The summed E-state index contributed by atoms with van der Waals surface area (Å²) in [7, 11) is 0. The molecule has 0 radical (unpaired) electrons. The van der Waals surface area contributed by atoms with Gasteiger partial charge in [0.05, 0.1) is 0 Å². The van der Waals surface area contributed by atoms with Gasteiger partial charge in [0.25, 0.3) is 0 Å². The molecule has 0 atom stereocenters. The molecule has 3 nitrogen and oxygen atoms in total. The van der Waals surface area contributed by atoms with Crippen molar-refractivity contribution in [2.75, 3.05) is 0 Å². The molecule has 0 saturated heterocycles. The number of aryl methyl sites for hydroxylation is 2. The molecule has 4 rings (SSSR count). The Morgan fingerprint density at radius 3 is 2.33 bits per heavy atom. The van der Waals surface area contributed by atoms with E-state index >= 15 is 0 Å². The number of aromatic nitrogens is 3. The fraction of sp³-hybridized carbons (Fsp3) is 0.111. The number of fused-ring (bicyclic) bond motifs is 1. The molecule has 0 spiro atoms. The van der Waals surface area contributed by atoms with E-state index in [1.54, 1.807) is 11.0 Å². The van der Waals surface area contributed by atoms with E-state index in [0.29, 0.717) is 0 Å². The van der Waals surface area contributed by atoms with Gasteiger partial charge in [0, 0.05) is 0 Å². The van der Waals surface area contributed by atoms with E-state index in [4.69, 9.17) is 0 Å². The average Bonchev–Trinajstić information content (AvgIpc) is 3.21. The van der Waals surface area contributed by atoms with Crippen LogP contribution in [0, 0.1) is 13.8 Å². The number of hydrogen-bond donors (Lipinski definition) is 0. The van der Waals surface area contributed by atoms with E-state index in [-0.39, 0.29) is 50.7 Å². The number of rotatable bonds is 1. The summed E-state index contributed by atoms with van der Waals surface area (Å²) in [5.74, 6) is 0. The molecule has 6 heteroatoms. The fourth-order valence-electron chi connectivity index (χ4n) is 2.21. The van der Waals surface area contributed by atoms with Gasteiger partial charge < -0.3 is 24.8 Å². The summed E-state index contributed by atoms with van der Waals surface area (Å²) in [6.45, 7) is 4.24. The average molecular weight is 525 g/mol. The van der Waals surface area contributed by atoms with E-state index in [2.05, 4.69) is 66.4 Å². The zero-order valence-electron chi connectivity index (χ0n) is 13.4. The van der Waals surface area contributed by atoms with E-state index in [1.807, 2.05) is 12.1 Å². The SMILES string of the molecule is Cc1ccc[c-]1C.[Cl-].[Cl-].[Hf+4].c1ccc2[cH-]c(-n3cncn3)cc2c1. The molecular weight excluding hydrogens is 508 g/mol. The number of benzene rings is 1. The van der Waals surface area contributed by atoms with Gasteiger partial charge in [-0.1, -0.05) is 19.9 Å². The largest absolute Gasteiger partial charge is 4.00 e. The molecule has 4 aromatic rings. The van der Waals surface area contributed by atoms with Gasteiger partial charge in [0.1, 0.15) is 12.7 Å². The van der Waals surface area contributed by atoms with Crippen molar-refractivity contribution in [2.24, 2.45) is 0 Å². The van der Waals surface area contributed by atoms with Crippen LogP contribution in [0.2, 0.25) is 0 Å². The van der Waals surface area contributed by atoms with Crippen LogP contribution >= 0.6 is 0 Å². The summed E-state index contributed by atoms with van der Waals surface area (Å²) < 4.78 is 1.76. The molecule has 24 heavy (non-hydrogen) atoms. The van der Waals surface area contributed by atoms with Gasteiger partial charge in [-0.2, -0.15) is 22.3 Å². The summed E-state index contributed by atoms with van der Waals surface area (Å²) in [5.41, 5.74) is 3.84. The molecule has 0 amide bonds. The van der Waals surface area contributed by atoms with E-state index in [0.717, 1.165) is 5.69 Å². The van der Waals surface area contributed by atoms with Crippen molar-refractivity contribution in [1.82, 2.24) is 14.8 Å². The number of hydrogen-bond acceptors (Lipinski definition) is 2. The van der Waals surface area contributed by atoms with Crippen LogP contribution in [0.5, 0.6) is 0 Å². The summed E-state index contributed by atoms with van der Waals surface area (Å²) in [4.78, 5) is 3.92. The minimum atomic E-state index is 0. The maximum Gasteiger partial charge on any atom is 4.00 e. The Bertz CT molecular complexity index is 785. The summed E-state index contributed by atoms with van der Waals surface area (Å²) in [6, 6.07) is 18.8. The monoisotopic (exact) mass is 525 g/mol. The molecule has 3 aromatic carbocycles. The molecular formula is C18H17Cl2HfN3. The van der Waals surface area contributed by atoms with Crippen molar-refractivity contribution in [3.8, 4) is 5.69 Å². The second-order valence-corrected chi connectivity index (χ2v) is 5.07. The fourth-order valence-corrected chi connectivity index (χ4v) is 2.21. The Morgan fingerprint density at radius 1 is 1.08 bits per heavy atom. The van der Waals surface area contributed by atoms with E-state index in [9.17, 15) is 0 Å². The van der Waals surface area contributed by atoms with Crippen molar-refractivity contribution < 1.29 is 50.7 Å². The Hall–Kier alpha value is -1.23. The molecule has 0 aliphatic carbocycles. The van der Waals surface area contributed by atoms with Crippen LogP contribution in [0.15, 0.2) is 67.3 Å². The first-order chi connectivity index (χ1) is 10.2. The van der Waals surface area contributed by atoms with Gasteiger partial charge in [-0.15, -0.1) is 41.1 Å². The van der Waals surface area contributed by atoms with Crippen LogP contribution in [0.1, 0.15) is 11.1 Å². The van der Waals surface area contributed by atoms with Crippen LogP contribution < -0.4 is 24.8 Å². The quantitative estimate of drug-likeness (QED) is 0.217. The van der Waals surface area contributed by atoms with Crippen molar-refractivity contribution in [3.05, 3.63) is 78.4 Å². The molecule has 0 N–H and O–H groups in total. The third-order valence-electron chi connectivity index (χ3n) is 3.60. The molecule has 1 heterocycles. The first-order valence-electron chi connectivity index (χ1n) is 6.93. The summed E-state index contributed by atoms with van der Waals surface area (Å²) in [6.07, 6.45) is 3.24. The molecule has 0 aliphatic rings. The van der Waals surface area contributed by atoms with Crippen LogP contribution in [-0.2, 0) is 25.8 Å². The predicted octanol–water partition coefficient (Wildman–Crippen LogP) is -1.83. The maximum absolute atomic E-state index is 4.09. The first kappa shape index (κ1) is 22.8. The van der Waals surface area contributed by atoms with Crippen molar-refractivity contribution in [1.29, 1.82) is 0 Å². The maximum atomic E-state index is 4.09. The summed E-state index contributed by atoms with van der Waals surface area (Å²) >= 11 is 0. The third-order valence-corrected chi connectivity index (χ3v) is 3.60. The molecule has 0 saturated carbocycles. The van der Waals surface area contributed by atoms with Gasteiger partial charge in [0.2, 0.25) is 0 Å². The molecule has 122 valence electrons. The molecule has 0 unspecified atom stereocenters. The van der Waals surface area contributed by atoms with Gasteiger partial charge >= 0.3 is 25.8 Å². The van der Waals surface area contributed by atoms with Crippen LogP contribution in [0.25, 0.3) is 16.5 Å². The topological polar surface area (TPSA) is 30.7 Å². The summed E-state index contributed by atoms with van der Waals surface area (Å²) in [5, 5.41) is 6.56. The number of halogens is 2. The van der Waals surface area contributed by atoms with Crippen LogP contribution in [0.4, 0.5) is 0 Å². The van der Waals surface area contributed by atoms with Crippen molar-refractivity contribution in [2.45, 2.75) is 13.8 Å². The Balaban J connectivity index is 0.000000463. The second-order valence-electron chi connectivity index (χ2n) is 5.07. The van der Waals surface area contributed by atoms with E-state index < -0.39 is 0 Å². The Labute approximate surface area is 173 Å². The molecule has 0 aliphatic heterocycles. The zero-order valence-corrected chi connectivity index (χ0v) is 18.6. The molecule has 0 bridgehead atoms. The van der Waals surface area contributed by atoms with Crippen molar-refractivity contribution >= 4 is 10.8 Å². The van der Waals surface area contributed by atoms with Crippen LogP contribution in [-0.4, -0.2) is 14.8 Å². The van der Waals surface area contributed by atoms with Crippen LogP contribution in [0.3, 0.4) is 0 Å². The van der Waals surface area contributed by atoms with Gasteiger partial charge in [-0.25, -0.2) is 21.8 Å². The second kappa shape index (κ2) is 10.6. The third kappa shape index (κ3) is 5.40. The molecule has 1 aromatic heterocycles. The van der Waals surface area contributed by atoms with E-state index in [1.165, 1.54) is 28.2 Å². The zero-order chi connectivity index (χ0) is 14.7. The number of nitrogens with zero attached hydrogens (tertiary/aromatic N) is 3. The Morgan fingerprint density at radius 2 is 1.83 bits per heavy atom. The van der Waals surface area contributed by atoms with Gasteiger partial charge in [-0.05, 0) is 5.69 Å². The van der Waals surface area contributed by atoms with Crippen molar-refractivity contribution in [3.63, 3.8) is 0 Å². The minimum Gasteiger partial charge on any atom is -1.00 e. The molecule has 0 fully saturated rings. The van der Waals surface area contributed by atoms with Gasteiger partial charge in [0.15, 0.2) is 0 Å². The Kier molecular flexibility index (Phi) is 10.1. The normalized spacial score (nSPS) is 9.08. The minimum absolute atomic E-state index is 0. The smallest absolute Gasteiger partial charge is 1.00 e.